The number of nitrogens with zero attached hydrogens (tertiary/aromatic N) is 3. The summed E-state index contributed by atoms with van der Waals surface area (Å²) in [7, 11) is 0. The predicted octanol–water partition coefficient (Wildman–Crippen LogP) is 2.37. The third-order valence-electron chi connectivity index (χ3n) is 4.03. The second-order valence-corrected chi connectivity index (χ2v) is 6.88. The molecule has 8 heteroatoms. The zero-order chi connectivity index (χ0) is 17.8. The van der Waals surface area contributed by atoms with Crippen LogP contribution in [0.15, 0.2) is 24.3 Å². The van der Waals surface area contributed by atoms with Gasteiger partial charge in [0, 0.05) is 25.3 Å². The maximum atomic E-state index is 12.5. The van der Waals surface area contributed by atoms with Crippen LogP contribution in [0.3, 0.4) is 0 Å². The Morgan fingerprint density at radius 2 is 2.20 bits per heavy atom. The number of para-hydroxylation sites is 1. The zero-order valence-corrected chi connectivity index (χ0v) is 15.0. The van der Waals surface area contributed by atoms with Crippen LogP contribution in [0.4, 0.5) is 10.8 Å². The largest absolute Gasteiger partial charge is 0.374 e. The molecule has 25 heavy (non-hydrogen) atoms. The molecule has 1 aromatic heterocycles. The van der Waals surface area contributed by atoms with E-state index in [1.165, 1.54) is 11.3 Å². The molecule has 7 nitrogen and oxygen atoms in total. The monoisotopic (exact) mass is 360 g/mol. The van der Waals surface area contributed by atoms with Gasteiger partial charge in [0.05, 0.1) is 5.92 Å². The number of aryl methyl sites for hydroxylation is 1. The van der Waals surface area contributed by atoms with E-state index in [-0.39, 0.29) is 18.2 Å². The number of amides is 2. The lowest BCUT2D eigenvalue weighted by Crippen LogP contribution is -2.28. The maximum absolute atomic E-state index is 12.5. The van der Waals surface area contributed by atoms with E-state index < -0.39 is 5.92 Å². The van der Waals surface area contributed by atoms with Crippen molar-refractivity contribution < 1.29 is 14.3 Å². The summed E-state index contributed by atoms with van der Waals surface area (Å²) in [6.07, 6.45) is 0.199. The second-order valence-electron chi connectivity index (χ2n) is 5.82. The standard InChI is InChI=1S/C17H20N4O3S/c1-3-24-10-14-19-20-17(25-14)18-16(23)12-8-15(22)21(9-12)13-7-5-4-6-11(13)2/h4-7,12H,3,8-10H2,1-2H3,(H,18,20,23)/t12-/m1/s1. The smallest absolute Gasteiger partial charge is 0.231 e. The zero-order valence-electron chi connectivity index (χ0n) is 14.2. The highest BCUT2D eigenvalue weighted by Crippen LogP contribution is 2.28. The minimum atomic E-state index is -0.397. The number of hydrogen-bond donors (Lipinski definition) is 1. The summed E-state index contributed by atoms with van der Waals surface area (Å²) in [5, 5.41) is 11.8. The number of benzene rings is 1. The van der Waals surface area contributed by atoms with Crippen molar-refractivity contribution >= 4 is 34.0 Å². The highest BCUT2D eigenvalue weighted by molar-refractivity contribution is 7.15. The Bertz CT molecular complexity index is 777. The van der Waals surface area contributed by atoms with Gasteiger partial charge in [-0.1, -0.05) is 29.5 Å². The van der Waals surface area contributed by atoms with Crippen molar-refractivity contribution in [3.63, 3.8) is 0 Å². The summed E-state index contributed by atoms with van der Waals surface area (Å²) >= 11 is 1.28. The van der Waals surface area contributed by atoms with Crippen LogP contribution in [-0.4, -0.2) is 35.2 Å². The minimum Gasteiger partial charge on any atom is -0.374 e. The summed E-state index contributed by atoms with van der Waals surface area (Å²) in [5.74, 6) is -0.640. The van der Waals surface area contributed by atoms with E-state index in [9.17, 15) is 9.59 Å². The van der Waals surface area contributed by atoms with Gasteiger partial charge in [0.25, 0.3) is 0 Å². The van der Waals surface area contributed by atoms with Crippen LogP contribution in [0.2, 0.25) is 0 Å². The van der Waals surface area contributed by atoms with Gasteiger partial charge >= 0.3 is 0 Å². The lowest BCUT2D eigenvalue weighted by Gasteiger charge is -2.18. The second kappa shape index (κ2) is 7.71. The van der Waals surface area contributed by atoms with Crippen LogP contribution in [0.25, 0.3) is 0 Å². The molecule has 1 fully saturated rings. The van der Waals surface area contributed by atoms with Crippen LogP contribution >= 0.6 is 11.3 Å². The summed E-state index contributed by atoms with van der Waals surface area (Å²) in [4.78, 5) is 26.5. The molecule has 0 aliphatic carbocycles. The first-order valence-corrected chi connectivity index (χ1v) is 8.97. The third-order valence-corrected chi connectivity index (χ3v) is 4.84. The van der Waals surface area contributed by atoms with Gasteiger partial charge in [-0.15, -0.1) is 10.2 Å². The molecule has 0 bridgehead atoms. The van der Waals surface area contributed by atoms with Gasteiger partial charge in [0.2, 0.25) is 16.9 Å². The maximum Gasteiger partial charge on any atom is 0.231 e. The molecule has 0 spiro atoms. The van der Waals surface area contributed by atoms with E-state index in [2.05, 4.69) is 15.5 Å². The first kappa shape index (κ1) is 17.5. The molecule has 2 amide bonds. The van der Waals surface area contributed by atoms with Crippen LogP contribution in [-0.2, 0) is 20.9 Å². The van der Waals surface area contributed by atoms with Crippen molar-refractivity contribution in [1.29, 1.82) is 0 Å². The van der Waals surface area contributed by atoms with E-state index in [0.29, 0.717) is 29.9 Å². The fourth-order valence-corrected chi connectivity index (χ4v) is 3.42. The highest BCUT2D eigenvalue weighted by Gasteiger charge is 2.35. The van der Waals surface area contributed by atoms with E-state index in [1.807, 2.05) is 38.1 Å². The molecule has 1 atom stereocenters. The normalized spacial score (nSPS) is 17.1. The fraction of sp³-hybridized carbons (Fsp3) is 0.412. The molecule has 3 rings (SSSR count). The highest BCUT2D eigenvalue weighted by atomic mass is 32.1. The van der Waals surface area contributed by atoms with Crippen molar-refractivity contribution in [2.75, 3.05) is 23.4 Å². The number of ether oxygens (including phenoxy) is 1. The van der Waals surface area contributed by atoms with Gasteiger partial charge in [-0.3, -0.25) is 9.59 Å². The molecular formula is C17H20N4O3S. The molecule has 2 heterocycles. The number of hydrogen-bond acceptors (Lipinski definition) is 6. The van der Waals surface area contributed by atoms with Gasteiger partial charge < -0.3 is 15.0 Å². The Hall–Kier alpha value is -2.32. The predicted molar refractivity (Wildman–Crippen MR) is 95.5 cm³/mol. The molecule has 1 aliphatic rings. The average Bonchev–Trinajstić information content (AvgIpc) is 3.20. The molecule has 0 saturated carbocycles. The quantitative estimate of drug-likeness (QED) is 0.855. The van der Waals surface area contributed by atoms with Gasteiger partial charge in [0.1, 0.15) is 11.6 Å². The average molecular weight is 360 g/mol. The lowest BCUT2D eigenvalue weighted by atomic mass is 10.1. The Labute approximate surface area is 150 Å². The van der Waals surface area contributed by atoms with E-state index in [0.717, 1.165) is 11.3 Å². The van der Waals surface area contributed by atoms with Gasteiger partial charge in [-0.2, -0.15) is 0 Å². The van der Waals surface area contributed by atoms with E-state index >= 15 is 0 Å². The number of carbonyl (C=O) groups is 2. The number of aromatic nitrogens is 2. The Balaban J connectivity index is 1.63. The first-order chi connectivity index (χ1) is 12.1. The molecule has 1 aromatic carbocycles. The van der Waals surface area contributed by atoms with Gasteiger partial charge in [-0.05, 0) is 25.5 Å². The molecule has 1 N–H and O–H groups in total. The Kier molecular flexibility index (Phi) is 5.40. The third kappa shape index (κ3) is 4.02. The van der Waals surface area contributed by atoms with Crippen LogP contribution in [0, 0.1) is 12.8 Å². The van der Waals surface area contributed by atoms with Crippen molar-refractivity contribution in [3.05, 3.63) is 34.8 Å². The number of nitrogens with one attached hydrogen (secondary N) is 1. The Morgan fingerprint density at radius 3 is 2.96 bits per heavy atom. The van der Waals surface area contributed by atoms with Crippen molar-refractivity contribution in [2.45, 2.75) is 26.9 Å². The first-order valence-electron chi connectivity index (χ1n) is 8.15. The van der Waals surface area contributed by atoms with Crippen molar-refractivity contribution in [3.8, 4) is 0 Å². The lowest BCUT2D eigenvalue weighted by molar-refractivity contribution is -0.122. The number of rotatable bonds is 6. The van der Waals surface area contributed by atoms with E-state index in [1.54, 1.807) is 4.90 Å². The van der Waals surface area contributed by atoms with Gasteiger partial charge in [0.15, 0.2) is 0 Å². The summed E-state index contributed by atoms with van der Waals surface area (Å²) < 4.78 is 5.27. The molecule has 132 valence electrons. The molecule has 2 aromatic rings. The summed E-state index contributed by atoms with van der Waals surface area (Å²) in [5.41, 5.74) is 1.87. The summed E-state index contributed by atoms with van der Waals surface area (Å²) in [6, 6.07) is 7.68. The SMILES string of the molecule is CCOCc1nnc(NC(=O)[C@@H]2CC(=O)N(c3ccccc3C)C2)s1. The van der Waals surface area contributed by atoms with Gasteiger partial charge in [-0.25, -0.2) is 0 Å². The van der Waals surface area contributed by atoms with Crippen molar-refractivity contribution in [1.82, 2.24) is 10.2 Å². The Morgan fingerprint density at radius 1 is 1.40 bits per heavy atom. The number of anilines is 2. The topological polar surface area (TPSA) is 84.4 Å². The minimum absolute atomic E-state index is 0.0382. The molecule has 0 radical (unpaired) electrons. The van der Waals surface area contributed by atoms with Crippen LogP contribution in [0.1, 0.15) is 23.9 Å². The molecule has 1 saturated heterocycles. The van der Waals surface area contributed by atoms with Crippen LogP contribution in [0.5, 0.6) is 0 Å². The van der Waals surface area contributed by atoms with E-state index in [4.69, 9.17) is 4.74 Å². The molecular weight excluding hydrogens is 340 g/mol. The van der Waals surface area contributed by atoms with Crippen LogP contribution < -0.4 is 10.2 Å². The summed E-state index contributed by atoms with van der Waals surface area (Å²) in [6.45, 7) is 5.21. The fourth-order valence-electron chi connectivity index (χ4n) is 2.74. The molecule has 0 unspecified atom stereocenters. The van der Waals surface area contributed by atoms with Crippen molar-refractivity contribution in [2.24, 2.45) is 5.92 Å². The molecule has 1 aliphatic heterocycles. The number of carbonyl (C=O) groups excluding carboxylic acids is 2.